The van der Waals surface area contributed by atoms with Crippen molar-refractivity contribution in [2.24, 2.45) is 0 Å². The lowest BCUT2D eigenvalue weighted by Gasteiger charge is -2.06. The Hall–Kier alpha value is -3.30. The molecule has 0 bridgehead atoms. The number of aromatic nitrogens is 3. The maximum Gasteiger partial charge on any atom is 0.226 e. The third-order valence-electron chi connectivity index (χ3n) is 4.67. The number of carbonyl (C=O) groups is 1. The number of nitrogens with one attached hydrogen (secondary N) is 2. The summed E-state index contributed by atoms with van der Waals surface area (Å²) in [7, 11) is 3.29. The first-order chi connectivity index (χ1) is 15.7. The van der Waals surface area contributed by atoms with Crippen molar-refractivity contribution < 1.29 is 14.3 Å². The van der Waals surface area contributed by atoms with Crippen molar-refractivity contribution in [1.82, 2.24) is 15.0 Å². The Bertz CT molecular complexity index is 1090. The molecule has 2 heterocycles. The molecule has 2 aromatic heterocycles. The minimum Gasteiger partial charge on any atom is -0.497 e. The number of aromatic amines is 1. The third-order valence-corrected chi connectivity index (χ3v) is 6.23. The summed E-state index contributed by atoms with van der Waals surface area (Å²) in [6.45, 7) is 0. The number of anilines is 1. The quantitative estimate of drug-likeness (QED) is 0.324. The molecule has 0 atom stereocenters. The van der Waals surface area contributed by atoms with E-state index >= 15 is 0 Å². The third kappa shape index (κ3) is 5.30. The number of methoxy groups -OCH3 is 2. The second-order valence-electron chi connectivity index (χ2n) is 6.71. The molecule has 4 aromatic rings. The Labute approximate surface area is 194 Å². The molecular weight excluding hydrogens is 444 g/mol. The van der Waals surface area contributed by atoms with E-state index in [4.69, 9.17) is 14.5 Å². The van der Waals surface area contributed by atoms with Crippen LogP contribution in [0.25, 0.3) is 22.5 Å². The molecular formula is C23H22N4O3S2. The highest BCUT2D eigenvalue weighted by molar-refractivity contribution is 7.99. The van der Waals surface area contributed by atoms with Crippen LogP contribution in [0.1, 0.15) is 6.42 Å². The number of imidazole rings is 1. The molecule has 0 radical (unpaired) electrons. The standard InChI is InChI=1S/C23H22N4O3S2/c1-29-17-7-3-15(4-8-17)20-21(16-5-9-18(30-2)10-6-16)27-23(26-20)31-13-11-19(28)25-22-24-12-14-32-22/h3-10,12,14H,11,13H2,1-2H3,(H,26,27)(H,24,25,28). The Morgan fingerprint density at radius 3 is 2.28 bits per heavy atom. The fourth-order valence-electron chi connectivity index (χ4n) is 3.05. The van der Waals surface area contributed by atoms with Gasteiger partial charge in [-0.3, -0.25) is 4.79 Å². The first-order valence-corrected chi connectivity index (χ1v) is 11.7. The Morgan fingerprint density at radius 2 is 1.69 bits per heavy atom. The molecule has 0 saturated heterocycles. The minimum absolute atomic E-state index is 0.0650. The van der Waals surface area contributed by atoms with Gasteiger partial charge in [0.25, 0.3) is 0 Å². The molecule has 2 aromatic carbocycles. The number of thiazole rings is 1. The molecule has 0 unspecified atom stereocenters. The normalized spacial score (nSPS) is 10.7. The maximum atomic E-state index is 12.1. The number of hydrogen-bond acceptors (Lipinski definition) is 7. The molecule has 1 amide bonds. The summed E-state index contributed by atoms with van der Waals surface area (Å²) in [5.74, 6) is 2.11. The second kappa shape index (κ2) is 10.3. The average Bonchev–Trinajstić information content (AvgIpc) is 3.49. The molecule has 2 N–H and O–H groups in total. The number of carbonyl (C=O) groups excluding carboxylic acids is 1. The fourth-order valence-corrected chi connectivity index (χ4v) is 4.41. The van der Waals surface area contributed by atoms with E-state index in [9.17, 15) is 4.79 Å². The van der Waals surface area contributed by atoms with Crippen molar-refractivity contribution in [1.29, 1.82) is 0 Å². The van der Waals surface area contributed by atoms with Gasteiger partial charge in [-0.05, 0) is 48.5 Å². The number of H-pyrrole nitrogens is 1. The van der Waals surface area contributed by atoms with Gasteiger partial charge in [0.05, 0.1) is 25.6 Å². The molecule has 7 nitrogen and oxygen atoms in total. The minimum atomic E-state index is -0.0650. The molecule has 0 spiro atoms. The van der Waals surface area contributed by atoms with Gasteiger partial charge in [-0.15, -0.1) is 11.3 Å². The molecule has 0 saturated carbocycles. The Morgan fingerprint density at radius 1 is 1.03 bits per heavy atom. The largest absolute Gasteiger partial charge is 0.497 e. The summed E-state index contributed by atoms with van der Waals surface area (Å²) in [6, 6.07) is 15.6. The van der Waals surface area contributed by atoms with E-state index in [1.54, 1.807) is 20.4 Å². The van der Waals surface area contributed by atoms with Gasteiger partial charge in [-0.25, -0.2) is 9.97 Å². The van der Waals surface area contributed by atoms with E-state index in [1.807, 2.05) is 53.9 Å². The van der Waals surface area contributed by atoms with Crippen LogP contribution in [0.15, 0.2) is 65.3 Å². The number of amides is 1. The predicted molar refractivity (Wildman–Crippen MR) is 129 cm³/mol. The molecule has 0 aliphatic heterocycles. The van der Waals surface area contributed by atoms with Gasteiger partial charge in [-0.1, -0.05) is 11.8 Å². The summed E-state index contributed by atoms with van der Waals surface area (Å²) in [5, 5.41) is 5.99. The summed E-state index contributed by atoms with van der Waals surface area (Å²) in [5.41, 5.74) is 3.72. The highest BCUT2D eigenvalue weighted by Crippen LogP contribution is 2.34. The van der Waals surface area contributed by atoms with Crippen molar-refractivity contribution in [3.8, 4) is 34.0 Å². The van der Waals surface area contributed by atoms with Crippen LogP contribution in [0.3, 0.4) is 0 Å². The summed E-state index contributed by atoms with van der Waals surface area (Å²) in [6.07, 6.45) is 2.03. The predicted octanol–water partition coefficient (Wildman–Crippen LogP) is 5.34. The van der Waals surface area contributed by atoms with Crippen molar-refractivity contribution in [2.75, 3.05) is 25.3 Å². The number of nitrogens with zero attached hydrogens (tertiary/aromatic N) is 2. The first-order valence-electron chi connectivity index (χ1n) is 9.87. The number of rotatable bonds is 9. The van der Waals surface area contributed by atoms with Crippen LogP contribution in [0.4, 0.5) is 5.13 Å². The van der Waals surface area contributed by atoms with Gasteiger partial charge >= 0.3 is 0 Å². The fraction of sp³-hybridized carbons (Fsp3) is 0.174. The molecule has 9 heteroatoms. The zero-order valence-corrected chi connectivity index (χ0v) is 19.3. The summed E-state index contributed by atoms with van der Waals surface area (Å²) >= 11 is 2.91. The van der Waals surface area contributed by atoms with Crippen LogP contribution in [-0.4, -0.2) is 40.8 Å². The molecule has 4 rings (SSSR count). The van der Waals surface area contributed by atoms with Gasteiger partial charge in [0.1, 0.15) is 11.5 Å². The van der Waals surface area contributed by atoms with Crippen molar-refractivity contribution in [2.45, 2.75) is 11.6 Å². The smallest absolute Gasteiger partial charge is 0.226 e. The number of benzene rings is 2. The molecule has 0 aliphatic rings. The molecule has 32 heavy (non-hydrogen) atoms. The van der Waals surface area contributed by atoms with E-state index in [1.165, 1.54) is 23.1 Å². The summed E-state index contributed by atoms with van der Waals surface area (Å²) in [4.78, 5) is 24.4. The van der Waals surface area contributed by atoms with Gasteiger partial charge in [0.15, 0.2) is 10.3 Å². The lowest BCUT2D eigenvalue weighted by Crippen LogP contribution is -2.11. The van der Waals surface area contributed by atoms with E-state index in [2.05, 4.69) is 15.3 Å². The van der Waals surface area contributed by atoms with Gasteiger partial charge in [0, 0.05) is 34.9 Å². The molecule has 164 valence electrons. The number of ether oxygens (including phenoxy) is 2. The monoisotopic (exact) mass is 466 g/mol. The lowest BCUT2D eigenvalue weighted by molar-refractivity contribution is -0.115. The van der Waals surface area contributed by atoms with Crippen LogP contribution in [-0.2, 0) is 4.79 Å². The zero-order chi connectivity index (χ0) is 22.3. The van der Waals surface area contributed by atoms with E-state index in [-0.39, 0.29) is 5.91 Å². The van der Waals surface area contributed by atoms with Gasteiger partial charge in [0.2, 0.25) is 5.91 Å². The topological polar surface area (TPSA) is 89.1 Å². The van der Waals surface area contributed by atoms with E-state index in [0.717, 1.165) is 39.2 Å². The second-order valence-corrected chi connectivity index (χ2v) is 8.68. The first kappa shape index (κ1) is 21.9. The Kier molecular flexibility index (Phi) is 7.08. The van der Waals surface area contributed by atoms with Crippen LogP contribution in [0.2, 0.25) is 0 Å². The van der Waals surface area contributed by atoms with E-state index < -0.39 is 0 Å². The highest BCUT2D eigenvalue weighted by Gasteiger charge is 2.15. The lowest BCUT2D eigenvalue weighted by atomic mass is 10.0. The van der Waals surface area contributed by atoms with Crippen molar-refractivity contribution in [3.63, 3.8) is 0 Å². The Balaban J connectivity index is 1.53. The van der Waals surface area contributed by atoms with Crippen LogP contribution in [0, 0.1) is 0 Å². The van der Waals surface area contributed by atoms with Crippen LogP contribution < -0.4 is 14.8 Å². The summed E-state index contributed by atoms with van der Waals surface area (Å²) < 4.78 is 10.6. The van der Waals surface area contributed by atoms with Crippen LogP contribution >= 0.6 is 23.1 Å². The van der Waals surface area contributed by atoms with Crippen LogP contribution in [0.5, 0.6) is 11.5 Å². The molecule has 0 aliphatic carbocycles. The SMILES string of the molecule is COc1ccc(-c2nc(SCCC(=O)Nc3nccs3)[nH]c2-c2ccc(OC)cc2)cc1. The van der Waals surface area contributed by atoms with E-state index in [0.29, 0.717) is 17.3 Å². The highest BCUT2D eigenvalue weighted by atomic mass is 32.2. The average molecular weight is 467 g/mol. The van der Waals surface area contributed by atoms with Crippen molar-refractivity contribution >= 4 is 34.1 Å². The number of hydrogen-bond donors (Lipinski definition) is 2. The maximum absolute atomic E-state index is 12.1. The van der Waals surface area contributed by atoms with Crippen molar-refractivity contribution in [3.05, 3.63) is 60.1 Å². The van der Waals surface area contributed by atoms with Gasteiger partial charge < -0.3 is 19.8 Å². The molecule has 0 fully saturated rings. The number of thioether (sulfide) groups is 1. The zero-order valence-electron chi connectivity index (χ0n) is 17.6. The van der Waals surface area contributed by atoms with Gasteiger partial charge in [-0.2, -0.15) is 0 Å².